The van der Waals surface area contributed by atoms with E-state index in [4.69, 9.17) is 10.1 Å². The normalized spacial score (nSPS) is 27.1. The summed E-state index contributed by atoms with van der Waals surface area (Å²) in [5, 5.41) is 14.3. The van der Waals surface area contributed by atoms with Crippen molar-refractivity contribution in [2.45, 2.75) is 38.6 Å². The zero-order valence-electron chi connectivity index (χ0n) is 12.1. The molecule has 0 amide bonds. The fourth-order valence-electron chi connectivity index (χ4n) is 2.33. The van der Waals surface area contributed by atoms with Gasteiger partial charge in [-0.05, 0) is 19.4 Å². The van der Waals surface area contributed by atoms with Gasteiger partial charge in [0.15, 0.2) is 0 Å². The van der Waals surface area contributed by atoms with Crippen molar-refractivity contribution in [3.63, 3.8) is 0 Å². The number of benzene rings is 1. The molecule has 0 saturated carbocycles. The topological polar surface area (TPSA) is 57.1 Å². The number of morpholine rings is 1. The maximum Gasteiger partial charge on any atom is 0.101 e. The summed E-state index contributed by atoms with van der Waals surface area (Å²) in [6.45, 7) is 5.75. The molecule has 0 radical (unpaired) electrons. The average Bonchev–Trinajstić information content (AvgIpc) is 2.48. The van der Waals surface area contributed by atoms with Crippen LogP contribution in [0.4, 0.5) is 0 Å². The van der Waals surface area contributed by atoms with E-state index in [-0.39, 0.29) is 18.2 Å². The van der Waals surface area contributed by atoms with Gasteiger partial charge in [-0.25, -0.2) is 0 Å². The molecule has 20 heavy (non-hydrogen) atoms. The highest BCUT2D eigenvalue weighted by Gasteiger charge is 2.27. The largest absolute Gasteiger partial charge is 0.386 e. The molecule has 1 aliphatic rings. The van der Waals surface area contributed by atoms with E-state index < -0.39 is 0 Å². The minimum atomic E-state index is -0.0699. The lowest BCUT2D eigenvalue weighted by molar-refractivity contribution is -0.0272. The quantitative estimate of drug-likeness (QED) is 0.720. The highest BCUT2D eigenvalue weighted by Crippen LogP contribution is 2.16. The van der Waals surface area contributed by atoms with Crippen molar-refractivity contribution in [3.05, 3.63) is 47.7 Å². The van der Waals surface area contributed by atoms with Crippen LogP contribution in [-0.2, 0) is 11.3 Å². The maximum atomic E-state index is 7.59. The molecule has 1 fully saturated rings. The predicted octanol–water partition coefficient (Wildman–Crippen LogP) is 2.08. The van der Waals surface area contributed by atoms with Crippen LogP contribution in [0.2, 0.25) is 0 Å². The number of nitrogens with one attached hydrogen (secondary N) is 3. The first-order valence-electron chi connectivity index (χ1n) is 7.07. The Morgan fingerprint density at radius 2 is 2.15 bits per heavy atom. The summed E-state index contributed by atoms with van der Waals surface area (Å²) in [7, 11) is 0. The molecule has 1 saturated heterocycles. The number of hydrogen-bond donors (Lipinski definition) is 3. The van der Waals surface area contributed by atoms with Crippen molar-refractivity contribution < 1.29 is 4.74 Å². The van der Waals surface area contributed by atoms with Crippen molar-refractivity contribution in [1.29, 1.82) is 5.41 Å². The summed E-state index contributed by atoms with van der Waals surface area (Å²) in [6, 6.07) is 10.4. The minimum Gasteiger partial charge on any atom is -0.386 e. The van der Waals surface area contributed by atoms with Gasteiger partial charge in [0.2, 0.25) is 0 Å². The van der Waals surface area contributed by atoms with Crippen LogP contribution < -0.4 is 10.6 Å². The Bertz CT molecular complexity index is 458. The minimum absolute atomic E-state index is 0.0699. The summed E-state index contributed by atoms with van der Waals surface area (Å²) >= 11 is 0. The van der Waals surface area contributed by atoms with Crippen LogP contribution in [0.5, 0.6) is 0 Å². The van der Waals surface area contributed by atoms with E-state index in [1.807, 2.05) is 31.3 Å². The van der Waals surface area contributed by atoms with Crippen LogP contribution in [0.15, 0.2) is 42.1 Å². The number of rotatable bonds is 5. The van der Waals surface area contributed by atoms with Gasteiger partial charge in [0, 0.05) is 37.1 Å². The summed E-state index contributed by atoms with van der Waals surface area (Å²) in [5.74, 6) is 0. The van der Waals surface area contributed by atoms with E-state index in [1.165, 1.54) is 11.8 Å². The summed E-state index contributed by atoms with van der Waals surface area (Å²) in [5.41, 5.74) is 2.09. The molecule has 0 aromatic heterocycles. The van der Waals surface area contributed by atoms with Gasteiger partial charge in [-0.1, -0.05) is 30.3 Å². The van der Waals surface area contributed by atoms with E-state index >= 15 is 0 Å². The lowest BCUT2D eigenvalue weighted by Gasteiger charge is -2.34. The smallest absolute Gasteiger partial charge is 0.101 e. The Balaban J connectivity index is 1.96. The lowest BCUT2D eigenvalue weighted by Crippen LogP contribution is -2.51. The first kappa shape index (κ1) is 14.8. The highest BCUT2D eigenvalue weighted by atomic mass is 16.5. The number of hydrogen-bond acceptors (Lipinski definition) is 4. The highest BCUT2D eigenvalue weighted by molar-refractivity contribution is 5.77. The first-order valence-corrected chi connectivity index (χ1v) is 7.07. The summed E-state index contributed by atoms with van der Waals surface area (Å²) in [4.78, 5) is 0. The van der Waals surface area contributed by atoms with E-state index in [1.54, 1.807) is 0 Å². The molecule has 4 heteroatoms. The molecular weight excluding hydrogens is 250 g/mol. The van der Waals surface area contributed by atoms with Crippen LogP contribution in [-0.4, -0.2) is 31.0 Å². The van der Waals surface area contributed by atoms with Gasteiger partial charge >= 0.3 is 0 Å². The molecule has 1 aliphatic heterocycles. The van der Waals surface area contributed by atoms with Crippen molar-refractivity contribution in [1.82, 2.24) is 10.6 Å². The van der Waals surface area contributed by atoms with Crippen LogP contribution in [0.3, 0.4) is 0 Å². The van der Waals surface area contributed by atoms with Crippen molar-refractivity contribution in [2.75, 3.05) is 6.54 Å². The van der Waals surface area contributed by atoms with Gasteiger partial charge in [-0.3, -0.25) is 0 Å². The van der Waals surface area contributed by atoms with E-state index in [0.717, 1.165) is 18.7 Å². The zero-order valence-corrected chi connectivity index (χ0v) is 12.1. The zero-order chi connectivity index (χ0) is 14.4. The molecule has 1 aromatic rings. The Kier molecular flexibility index (Phi) is 5.32. The first-order chi connectivity index (χ1) is 9.70. The molecule has 2 rings (SSSR count). The van der Waals surface area contributed by atoms with Gasteiger partial charge < -0.3 is 20.8 Å². The maximum absolute atomic E-state index is 7.59. The molecule has 0 spiro atoms. The Hall–Kier alpha value is -1.65. The van der Waals surface area contributed by atoms with E-state index in [2.05, 4.69) is 29.7 Å². The molecule has 1 aromatic carbocycles. The summed E-state index contributed by atoms with van der Waals surface area (Å²) in [6.07, 6.45) is 3.37. The van der Waals surface area contributed by atoms with Crippen LogP contribution in [0, 0.1) is 5.41 Å². The lowest BCUT2D eigenvalue weighted by atomic mass is 10.0. The molecule has 0 aliphatic carbocycles. The second kappa shape index (κ2) is 7.22. The second-order valence-electron chi connectivity index (χ2n) is 5.22. The third-order valence-corrected chi connectivity index (χ3v) is 3.47. The third-order valence-electron chi connectivity index (χ3n) is 3.47. The SMILES string of the molecule is CC1CNC(C)C(/C(C=N)=C/NCc2ccccc2)O1. The van der Waals surface area contributed by atoms with Crippen LogP contribution in [0.25, 0.3) is 0 Å². The monoisotopic (exact) mass is 273 g/mol. The molecule has 3 N–H and O–H groups in total. The van der Waals surface area contributed by atoms with Gasteiger partial charge in [0.1, 0.15) is 6.10 Å². The van der Waals surface area contributed by atoms with Crippen LogP contribution in [0.1, 0.15) is 19.4 Å². The van der Waals surface area contributed by atoms with Gasteiger partial charge in [-0.15, -0.1) is 0 Å². The molecule has 3 atom stereocenters. The molecule has 0 bridgehead atoms. The van der Waals surface area contributed by atoms with Crippen molar-refractivity contribution >= 4 is 6.21 Å². The predicted molar refractivity (Wildman–Crippen MR) is 81.9 cm³/mol. The van der Waals surface area contributed by atoms with Gasteiger partial charge in [0.25, 0.3) is 0 Å². The van der Waals surface area contributed by atoms with Crippen LogP contribution >= 0.6 is 0 Å². The van der Waals surface area contributed by atoms with E-state index in [0.29, 0.717) is 0 Å². The van der Waals surface area contributed by atoms with Gasteiger partial charge in [0.05, 0.1) is 6.10 Å². The number of ether oxygens (including phenoxy) is 1. The van der Waals surface area contributed by atoms with Gasteiger partial charge in [-0.2, -0.15) is 0 Å². The molecule has 108 valence electrons. The fourth-order valence-corrected chi connectivity index (χ4v) is 2.33. The average molecular weight is 273 g/mol. The Labute approximate surface area is 120 Å². The third kappa shape index (κ3) is 3.92. The molecular formula is C16H23N3O. The Morgan fingerprint density at radius 1 is 1.40 bits per heavy atom. The fraction of sp³-hybridized carbons (Fsp3) is 0.438. The van der Waals surface area contributed by atoms with E-state index in [9.17, 15) is 0 Å². The Morgan fingerprint density at radius 3 is 2.85 bits per heavy atom. The van der Waals surface area contributed by atoms with Crippen molar-refractivity contribution in [3.8, 4) is 0 Å². The molecule has 4 nitrogen and oxygen atoms in total. The second-order valence-corrected chi connectivity index (χ2v) is 5.22. The van der Waals surface area contributed by atoms with Crippen molar-refractivity contribution in [2.24, 2.45) is 0 Å². The molecule has 3 unspecified atom stereocenters. The molecule has 1 heterocycles. The standard InChI is InChI=1S/C16H23N3O/c1-12-9-19-13(2)16(20-12)15(8-17)11-18-10-14-6-4-3-5-7-14/h3-8,11-13,16-19H,9-10H2,1-2H3/b15-11+,17-8?. The summed E-state index contributed by atoms with van der Waals surface area (Å²) < 4.78 is 5.93.